The van der Waals surface area contributed by atoms with Gasteiger partial charge in [-0.3, -0.25) is 4.79 Å². The molecule has 1 fully saturated rings. The number of fused-ring (bicyclic) bond motifs is 1. The van der Waals surface area contributed by atoms with E-state index in [1.165, 1.54) is 13.2 Å². The zero-order valence-corrected chi connectivity index (χ0v) is 18.7. The van der Waals surface area contributed by atoms with Crippen molar-refractivity contribution in [2.45, 2.75) is 18.4 Å². The molecule has 4 rings (SSSR count). The van der Waals surface area contributed by atoms with Crippen molar-refractivity contribution in [1.82, 2.24) is 4.90 Å². The van der Waals surface area contributed by atoms with Crippen LogP contribution >= 0.6 is 15.9 Å². The van der Waals surface area contributed by atoms with Crippen LogP contribution in [0.5, 0.6) is 11.5 Å². The molecule has 1 aromatic heterocycles. The molecular formula is C23H24BrNO5. The van der Waals surface area contributed by atoms with Gasteiger partial charge in [-0.05, 0) is 32.1 Å². The van der Waals surface area contributed by atoms with Crippen molar-refractivity contribution in [1.29, 1.82) is 0 Å². The molecule has 1 aliphatic heterocycles. The SMILES string of the molecule is COc1cc(OC)c2c(=O)cc(-c3ccc(Br)cc3)oc2c1[C@@H]1CCN(C)[C@H]1CO. The molecule has 1 N–H and O–H groups in total. The lowest BCUT2D eigenvalue weighted by atomic mass is 9.89. The molecule has 1 aliphatic rings. The Morgan fingerprint density at radius 1 is 1.17 bits per heavy atom. The van der Waals surface area contributed by atoms with Crippen molar-refractivity contribution >= 4 is 26.9 Å². The number of aliphatic hydroxyl groups excluding tert-OH is 1. The van der Waals surface area contributed by atoms with E-state index < -0.39 is 0 Å². The van der Waals surface area contributed by atoms with Gasteiger partial charge in [-0.25, -0.2) is 0 Å². The summed E-state index contributed by atoms with van der Waals surface area (Å²) in [7, 11) is 5.10. The molecule has 3 aromatic rings. The second-order valence-corrected chi connectivity index (χ2v) is 8.42. The number of ether oxygens (including phenoxy) is 2. The molecule has 0 saturated carbocycles. The van der Waals surface area contributed by atoms with Gasteiger partial charge in [0.2, 0.25) is 0 Å². The van der Waals surface area contributed by atoms with E-state index in [2.05, 4.69) is 20.8 Å². The number of aliphatic hydroxyl groups is 1. The van der Waals surface area contributed by atoms with Gasteiger partial charge in [-0.1, -0.05) is 28.1 Å². The molecule has 0 bridgehead atoms. The molecule has 0 radical (unpaired) electrons. The number of likely N-dealkylation sites (N-methyl/N-ethyl adjacent to an activating group) is 1. The van der Waals surface area contributed by atoms with Crippen LogP contribution in [0.2, 0.25) is 0 Å². The number of likely N-dealkylation sites (tertiary alicyclic amines) is 1. The van der Waals surface area contributed by atoms with Crippen LogP contribution in [0.1, 0.15) is 17.9 Å². The Hall–Kier alpha value is -2.35. The molecule has 0 amide bonds. The van der Waals surface area contributed by atoms with Gasteiger partial charge in [0.1, 0.15) is 28.2 Å². The molecular weight excluding hydrogens is 450 g/mol. The summed E-state index contributed by atoms with van der Waals surface area (Å²) in [6, 6.07) is 10.7. The monoisotopic (exact) mass is 473 g/mol. The van der Waals surface area contributed by atoms with Crippen LogP contribution in [-0.4, -0.2) is 50.5 Å². The Morgan fingerprint density at radius 2 is 1.87 bits per heavy atom. The minimum atomic E-state index is -0.179. The largest absolute Gasteiger partial charge is 0.496 e. The van der Waals surface area contributed by atoms with E-state index in [4.69, 9.17) is 13.9 Å². The molecule has 7 heteroatoms. The third kappa shape index (κ3) is 3.51. The van der Waals surface area contributed by atoms with Crippen molar-refractivity contribution < 1.29 is 19.0 Å². The van der Waals surface area contributed by atoms with E-state index in [1.54, 1.807) is 13.2 Å². The Labute approximate surface area is 183 Å². The van der Waals surface area contributed by atoms with Gasteiger partial charge in [-0.15, -0.1) is 0 Å². The highest BCUT2D eigenvalue weighted by Crippen LogP contribution is 2.44. The van der Waals surface area contributed by atoms with Gasteiger partial charge in [0.15, 0.2) is 5.43 Å². The highest BCUT2D eigenvalue weighted by atomic mass is 79.9. The molecule has 2 heterocycles. The van der Waals surface area contributed by atoms with E-state index in [0.29, 0.717) is 28.2 Å². The summed E-state index contributed by atoms with van der Waals surface area (Å²) in [5.74, 6) is 1.44. The first-order valence-electron chi connectivity index (χ1n) is 9.78. The molecule has 1 saturated heterocycles. The van der Waals surface area contributed by atoms with E-state index in [-0.39, 0.29) is 24.0 Å². The quantitative estimate of drug-likeness (QED) is 0.603. The Kier molecular flexibility index (Phi) is 5.86. The van der Waals surface area contributed by atoms with E-state index in [9.17, 15) is 9.90 Å². The lowest BCUT2D eigenvalue weighted by Crippen LogP contribution is -2.32. The van der Waals surface area contributed by atoms with Gasteiger partial charge in [0.05, 0.1) is 20.8 Å². The van der Waals surface area contributed by atoms with Gasteiger partial charge in [0.25, 0.3) is 0 Å². The first-order valence-corrected chi connectivity index (χ1v) is 10.6. The van der Waals surface area contributed by atoms with Crippen molar-refractivity contribution in [3.63, 3.8) is 0 Å². The predicted octanol–water partition coefficient (Wildman–Crippen LogP) is 4.02. The maximum absolute atomic E-state index is 13.2. The molecule has 2 aromatic carbocycles. The molecule has 30 heavy (non-hydrogen) atoms. The number of benzene rings is 2. The number of rotatable bonds is 5. The van der Waals surface area contributed by atoms with Crippen LogP contribution in [0.25, 0.3) is 22.3 Å². The van der Waals surface area contributed by atoms with Gasteiger partial charge in [-0.2, -0.15) is 0 Å². The van der Waals surface area contributed by atoms with Gasteiger partial charge in [0, 0.05) is 39.7 Å². The first kappa shape index (κ1) is 20.9. The van der Waals surface area contributed by atoms with Gasteiger partial charge >= 0.3 is 0 Å². The highest BCUT2D eigenvalue weighted by Gasteiger charge is 2.37. The molecule has 2 atom stereocenters. The van der Waals surface area contributed by atoms with E-state index in [0.717, 1.165) is 28.6 Å². The molecule has 0 aliphatic carbocycles. The van der Waals surface area contributed by atoms with Crippen LogP contribution in [-0.2, 0) is 0 Å². The smallest absolute Gasteiger partial charge is 0.197 e. The third-order valence-electron chi connectivity index (χ3n) is 5.92. The zero-order valence-electron chi connectivity index (χ0n) is 17.1. The van der Waals surface area contributed by atoms with E-state index in [1.807, 2.05) is 31.3 Å². The van der Waals surface area contributed by atoms with Crippen molar-refractivity contribution in [3.8, 4) is 22.8 Å². The fourth-order valence-corrected chi connectivity index (χ4v) is 4.61. The summed E-state index contributed by atoms with van der Waals surface area (Å²) in [6.07, 6.45) is 0.825. The van der Waals surface area contributed by atoms with Crippen LogP contribution in [0, 0.1) is 0 Å². The topological polar surface area (TPSA) is 72.1 Å². The fraction of sp³-hybridized carbons (Fsp3) is 0.348. The van der Waals surface area contributed by atoms with E-state index >= 15 is 0 Å². The number of hydrogen-bond donors (Lipinski definition) is 1. The van der Waals surface area contributed by atoms with Crippen LogP contribution < -0.4 is 14.9 Å². The zero-order chi connectivity index (χ0) is 21.4. The number of nitrogens with zero attached hydrogens (tertiary/aromatic N) is 1. The first-order chi connectivity index (χ1) is 14.5. The summed E-state index contributed by atoms with van der Waals surface area (Å²) in [5, 5.41) is 10.4. The van der Waals surface area contributed by atoms with Crippen LogP contribution in [0.3, 0.4) is 0 Å². The average molecular weight is 474 g/mol. The maximum atomic E-state index is 13.2. The van der Waals surface area contributed by atoms with Gasteiger partial charge < -0.3 is 23.9 Å². The Morgan fingerprint density at radius 3 is 2.50 bits per heavy atom. The van der Waals surface area contributed by atoms with Crippen molar-refractivity contribution in [2.24, 2.45) is 0 Å². The Bertz CT molecular complexity index is 1130. The summed E-state index contributed by atoms with van der Waals surface area (Å²) in [4.78, 5) is 15.3. The predicted molar refractivity (Wildman–Crippen MR) is 120 cm³/mol. The fourth-order valence-electron chi connectivity index (χ4n) is 4.35. The minimum Gasteiger partial charge on any atom is -0.496 e. The standard InChI is InChI=1S/C23H24BrNO5/c1-25-9-8-15(16(25)12-26)21-19(28-2)11-20(29-3)22-17(27)10-18(30-23(21)22)13-4-6-14(24)7-5-13/h4-7,10-11,15-16,26H,8-9,12H2,1-3H3/t15-,16+/m1/s1. The van der Waals surface area contributed by atoms with Crippen LogP contribution in [0.15, 0.2) is 50.1 Å². The maximum Gasteiger partial charge on any atom is 0.197 e. The van der Waals surface area contributed by atoms with Crippen molar-refractivity contribution in [2.75, 3.05) is 34.4 Å². The lowest BCUT2D eigenvalue weighted by molar-refractivity contribution is 0.171. The molecule has 0 spiro atoms. The molecule has 158 valence electrons. The average Bonchev–Trinajstić information content (AvgIpc) is 3.12. The third-order valence-corrected chi connectivity index (χ3v) is 6.44. The number of hydrogen-bond acceptors (Lipinski definition) is 6. The second kappa shape index (κ2) is 8.41. The minimum absolute atomic E-state index is 0.00841. The highest BCUT2D eigenvalue weighted by molar-refractivity contribution is 9.10. The summed E-state index contributed by atoms with van der Waals surface area (Å²) >= 11 is 3.43. The molecule has 6 nitrogen and oxygen atoms in total. The molecule has 0 unspecified atom stereocenters. The Balaban J connectivity index is 2.03. The lowest BCUT2D eigenvalue weighted by Gasteiger charge is -2.25. The van der Waals surface area contributed by atoms with Crippen LogP contribution in [0.4, 0.5) is 0 Å². The second-order valence-electron chi connectivity index (χ2n) is 7.51. The summed E-state index contributed by atoms with van der Waals surface area (Å²) < 4.78 is 18.5. The normalized spacial score (nSPS) is 19.4. The van der Waals surface area contributed by atoms with Crippen molar-refractivity contribution in [3.05, 3.63) is 56.7 Å². The number of halogens is 1. The summed E-state index contributed by atoms with van der Waals surface area (Å²) in [5.41, 5.74) is 1.87. The number of methoxy groups -OCH3 is 2. The summed E-state index contributed by atoms with van der Waals surface area (Å²) in [6.45, 7) is 0.845.